The third-order valence-corrected chi connectivity index (χ3v) is 3.26. The number of rotatable bonds is 3. The maximum atomic E-state index is 8.83. The number of nitrogens with one attached hydrogen (secondary N) is 1. The van der Waals surface area contributed by atoms with Crippen molar-refractivity contribution < 1.29 is 4.74 Å². The Morgan fingerprint density at radius 1 is 1.21 bits per heavy atom. The molecule has 0 aliphatic rings. The van der Waals surface area contributed by atoms with Gasteiger partial charge in [0.1, 0.15) is 11.8 Å². The molecule has 19 heavy (non-hydrogen) atoms. The summed E-state index contributed by atoms with van der Waals surface area (Å²) in [6.45, 7) is 0. The summed E-state index contributed by atoms with van der Waals surface area (Å²) in [5.74, 6) is 0.747. The lowest BCUT2D eigenvalue weighted by atomic mass is 10.2. The molecule has 1 N–H and O–H groups in total. The number of hydrogen-bond donors (Lipinski definition) is 1. The molecule has 2 aromatic rings. The molecule has 0 spiro atoms. The van der Waals surface area contributed by atoms with Gasteiger partial charge in [-0.25, -0.2) is 0 Å². The minimum absolute atomic E-state index is 0.425. The van der Waals surface area contributed by atoms with Crippen LogP contribution >= 0.6 is 27.5 Å². The molecule has 0 heterocycles. The Bertz CT molecular complexity index is 652. The summed E-state index contributed by atoms with van der Waals surface area (Å²) in [5, 5.41) is 12.5. The normalized spacial score (nSPS) is 9.79. The van der Waals surface area contributed by atoms with Crippen LogP contribution in [0, 0.1) is 11.3 Å². The molecule has 3 nitrogen and oxygen atoms in total. The van der Waals surface area contributed by atoms with Crippen molar-refractivity contribution in [3.05, 3.63) is 51.5 Å². The Labute approximate surface area is 124 Å². The third-order valence-electron chi connectivity index (χ3n) is 2.49. The Hall–Kier alpha value is -1.70. The van der Waals surface area contributed by atoms with Crippen LogP contribution in [-0.2, 0) is 0 Å². The molecule has 0 unspecified atom stereocenters. The van der Waals surface area contributed by atoms with E-state index in [4.69, 9.17) is 21.6 Å². The highest BCUT2D eigenvalue weighted by molar-refractivity contribution is 9.10. The minimum atomic E-state index is 0.425. The summed E-state index contributed by atoms with van der Waals surface area (Å²) in [6.07, 6.45) is 0. The second-order valence-electron chi connectivity index (χ2n) is 3.81. The fraction of sp³-hybridized carbons (Fsp3) is 0.0714. The number of methoxy groups -OCH3 is 1. The molecule has 5 heteroatoms. The van der Waals surface area contributed by atoms with E-state index in [2.05, 4.69) is 21.2 Å². The van der Waals surface area contributed by atoms with Crippen molar-refractivity contribution >= 4 is 38.9 Å². The van der Waals surface area contributed by atoms with E-state index in [0.29, 0.717) is 10.6 Å². The predicted molar refractivity (Wildman–Crippen MR) is 80.1 cm³/mol. The predicted octanol–water partition coefficient (Wildman–Crippen LogP) is 4.73. The maximum Gasteiger partial charge on any atom is 0.122 e. The largest absolute Gasteiger partial charge is 0.497 e. The second kappa shape index (κ2) is 5.96. The first-order valence-corrected chi connectivity index (χ1v) is 6.60. The van der Waals surface area contributed by atoms with Gasteiger partial charge in [0.15, 0.2) is 0 Å². The highest BCUT2D eigenvalue weighted by atomic mass is 79.9. The summed E-state index contributed by atoms with van der Waals surface area (Å²) >= 11 is 9.40. The molecular formula is C14H10BrClN2O. The van der Waals surface area contributed by atoms with E-state index in [1.54, 1.807) is 25.3 Å². The smallest absolute Gasteiger partial charge is 0.122 e. The summed E-state index contributed by atoms with van der Waals surface area (Å²) < 4.78 is 6.11. The van der Waals surface area contributed by atoms with Crippen molar-refractivity contribution in [3.8, 4) is 11.8 Å². The zero-order chi connectivity index (χ0) is 13.8. The van der Waals surface area contributed by atoms with Crippen LogP contribution in [0.25, 0.3) is 0 Å². The van der Waals surface area contributed by atoms with Gasteiger partial charge in [-0.2, -0.15) is 5.26 Å². The van der Waals surface area contributed by atoms with Gasteiger partial charge in [-0.3, -0.25) is 0 Å². The Morgan fingerprint density at radius 2 is 2.00 bits per heavy atom. The average molecular weight is 338 g/mol. The maximum absolute atomic E-state index is 8.83. The van der Waals surface area contributed by atoms with E-state index in [1.165, 1.54) is 0 Å². The third kappa shape index (κ3) is 3.40. The van der Waals surface area contributed by atoms with E-state index in [9.17, 15) is 0 Å². The average Bonchev–Trinajstić information content (AvgIpc) is 2.38. The van der Waals surface area contributed by atoms with E-state index >= 15 is 0 Å². The van der Waals surface area contributed by atoms with Crippen LogP contribution in [0.5, 0.6) is 5.75 Å². The van der Waals surface area contributed by atoms with Crippen LogP contribution in [0.15, 0.2) is 40.9 Å². The minimum Gasteiger partial charge on any atom is -0.497 e. The van der Waals surface area contributed by atoms with Gasteiger partial charge in [-0.05, 0) is 30.3 Å². The van der Waals surface area contributed by atoms with E-state index in [1.807, 2.05) is 24.3 Å². The fourth-order valence-electron chi connectivity index (χ4n) is 1.60. The first-order chi connectivity index (χ1) is 9.12. The van der Waals surface area contributed by atoms with E-state index in [0.717, 1.165) is 21.6 Å². The van der Waals surface area contributed by atoms with Crippen molar-refractivity contribution in [2.45, 2.75) is 0 Å². The number of ether oxygens (including phenoxy) is 1. The van der Waals surface area contributed by atoms with Gasteiger partial charge in [0, 0.05) is 21.9 Å². The summed E-state index contributed by atoms with van der Waals surface area (Å²) in [6, 6.07) is 12.9. The molecule has 0 atom stereocenters. The lowest BCUT2D eigenvalue weighted by Crippen LogP contribution is -1.92. The van der Waals surface area contributed by atoms with Crippen molar-refractivity contribution in [3.63, 3.8) is 0 Å². The molecule has 0 radical (unpaired) electrons. The van der Waals surface area contributed by atoms with Gasteiger partial charge in [-0.15, -0.1) is 0 Å². The Morgan fingerprint density at radius 3 is 2.63 bits per heavy atom. The number of nitriles is 1. The molecule has 0 aromatic heterocycles. The quantitative estimate of drug-likeness (QED) is 0.881. The van der Waals surface area contributed by atoms with E-state index in [-0.39, 0.29) is 0 Å². The number of benzene rings is 2. The highest BCUT2D eigenvalue weighted by Crippen LogP contribution is 2.28. The molecule has 2 aromatic carbocycles. The Balaban J connectivity index is 2.28. The fourth-order valence-corrected chi connectivity index (χ4v) is 2.30. The zero-order valence-electron chi connectivity index (χ0n) is 10.1. The molecule has 0 bridgehead atoms. The first kappa shape index (κ1) is 13.7. The SMILES string of the molecule is COc1cc(Br)cc(Nc2ccc(C#N)c(Cl)c2)c1. The molecule has 96 valence electrons. The van der Waals surface area contributed by atoms with Crippen LogP contribution in [0.4, 0.5) is 11.4 Å². The molecule has 0 aliphatic carbocycles. The summed E-state index contributed by atoms with van der Waals surface area (Å²) in [7, 11) is 1.62. The first-order valence-electron chi connectivity index (χ1n) is 5.43. The number of anilines is 2. The van der Waals surface area contributed by atoms with Crippen molar-refractivity contribution in [2.24, 2.45) is 0 Å². The summed E-state index contributed by atoms with van der Waals surface area (Å²) in [5.41, 5.74) is 2.13. The number of hydrogen-bond acceptors (Lipinski definition) is 3. The second-order valence-corrected chi connectivity index (χ2v) is 5.13. The van der Waals surface area contributed by atoms with Gasteiger partial charge >= 0.3 is 0 Å². The van der Waals surface area contributed by atoms with Gasteiger partial charge < -0.3 is 10.1 Å². The molecule has 0 saturated heterocycles. The highest BCUT2D eigenvalue weighted by Gasteiger charge is 2.03. The van der Waals surface area contributed by atoms with Crippen molar-refractivity contribution in [1.29, 1.82) is 5.26 Å². The zero-order valence-corrected chi connectivity index (χ0v) is 12.4. The van der Waals surface area contributed by atoms with Gasteiger partial charge in [-0.1, -0.05) is 27.5 Å². The topological polar surface area (TPSA) is 45.0 Å². The van der Waals surface area contributed by atoms with Gasteiger partial charge in [0.05, 0.1) is 17.7 Å². The molecule has 0 fully saturated rings. The van der Waals surface area contributed by atoms with Crippen LogP contribution in [0.3, 0.4) is 0 Å². The number of halogens is 2. The van der Waals surface area contributed by atoms with Crippen LogP contribution in [-0.4, -0.2) is 7.11 Å². The summed E-state index contributed by atoms with van der Waals surface area (Å²) in [4.78, 5) is 0. The monoisotopic (exact) mass is 336 g/mol. The van der Waals surface area contributed by atoms with Crippen molar-refractivity contribution in [1.82, 2.24) is 0 Å². The molecule has 2 rings (SSSR count). The van der Waals surface area contributed by atoms with Crippen LogP contribution in [0.1, 0.15) is 5.56 Å². The molecule has 0 saturated carbocycles. The molecular weight excluding hydrogens is 328 g/mol. The molecule has 0 amide bonds. The Kier molecular flexibility index (Phi) is 4.31. The van der Waals surface area contributed by atoms with Crippen molar-refractivity contribution in [2.75, 3.05) is 12.4 Å². The van der Waals surface area contributed by atoms with Gasteiger partial charge in [0.2, 0.25) is 0 Å². The lowest BCUT2D eigenvalue weighted by molar-refractivity contribution is 0.415. The lowest BCUT2D eigenvalue weighted by Gasteiger charge is -2.09. The molecule has 0 aliphatic heterocycles. The van der Waals surface area contributed by atoms with E-state index < -0.39 is 0 Å². The number of nitrogens with zero attached hydrogens (tertiary/aromatic N) is 1. The van der Waals surface area contributed by atoms with Crippen LogP contribution < -0.4 is 10.1 Å². The van der Waals surface area contributed by atoms with Crippen LogP contribution in [0.2, 0.25) is 5.02 Å². The standard InChI is InChI=1S/C14H10BrClN2O/c1-19-13-5-10(15)4-12(6-13)18-11-3-2-9(8-17)14(16)7-11/h2-7,18H,1H3. The van der Waals surface area contributed by atoms with Gasteiger partial charge in [0.25, 0.3) is 0 Å².